The molecule has 3 rings (SSSR count). The molecule has 0 amide bonds. The van der Waals surface area contributed by atoms with Gasteiger partial charge in [-0.05, 0) is 47.9 Å². The molecule has 1 heterocycles. The van der Waals surface area contributed by atoms with Gasteiger partial charge < -0.3 is 15.4 Å². The van der Waals surface area contributed by atoms with Crippen LogP contribution in [0.15, 0.2) is 65.9 Å². The van der Waals surface area contributed by atoms with Crippen molar-refractivity contribution in [2.24, 2.45) is 4.99 Å². The minimum absolute atomic E-state index is 0.241. The molecule has 0 fully saturated rings. The van der Waals surface area contributed by atoms with Crippen LogP contribution in [0.2, 0.25) is 0 Å². The summed E-state index contributed by atoms with van der Waals surface area (Å²) in [4.78, 5) is 4.20. The number of aromatic nitrogens is 2. The minimum Gasteiger partial charge on any atom is -0.494 e. The van der Waals surface area contributed by atoms with Crippen LogP contribution >= 0.6 is 0 Å². The summed E-state index contributed by atoms with van der Waals surface area (Å²) < 4.78 is 20.5. The number of ether oxygens (including phenoxy) is 1. The van der Waals surface area contributed by atoms with Crippen LogP contribution in [0.3, 0.4) is 0 Å². The van der Waals surface area contributed by atoms with Crippen LogP contribution in [0.25, 0.3) is 5.69 Å². The third kappa shape index (κ3) is 5.09. The molecule has 3 aromatic rings. The first-order chi connectivity index (χ1) is 13.7. The van der Waals surface area contributed by atoms with Gasteiger partial charge >= 0.3 is 0 Å². The van der Waals surface area contributed by atoms with E-state index in [0.29, 0.717) is 12.5 Å². The van der Waals surface area contributed by atoms with E-state index < -0.39 is 0 Å². The Morgan fingerprint density at radius 3 is 2.57 bits per heavy atom. The first-order valence-corrected chi connectivity index (χ1v) is 9.05. The number of hydrogen-bond acceptors (Lipinski definition) is 3. The van der Waals surface area contributed by atoms with Crippen molar-refractivity contribution in [3.05, 3.63) is 77.9 Å². The molecule has 2 N–H and O–H groups in total. The quantitative estimate of drug-likeness (QED) is 0.488. The number of methoxy groups -OCH3 is 1. The van der Waals surface area contributed by atoms with Gasteiger partial charge in [-0.3, -0.25) is 4.99 Å². The normalized spacial score (nSPS) is 11.3. The van der Waals surface area contributed by atoms with Crippen molar-refractivity contribution in [1.29, 1.82) is 0 Å². The third-order valence-corrected chi connectivity index (χ3v) is 4.31. The monoisotopic (exact) mass is 381 g/mol. The van der Waals surface area contributed by atoms with E-state index in [9.17, 15) is 4.39 Å². The number of benzene rings is 2. The van der Waals surface area contributed by atoms with E-state index in [-0.39, 0.29) is 11.6 Å². The van der Waals surface area contributed by atoms with Gasteiger partial charge in [0.25, 0.3) is 0 Å². The highest BCUT2D eigenvalue weighted by atomic mass is 19.1. The van der Waals surface area contributed by atoms with Gasteiger partial charge in [0, 0.05) is 32.5 Å². The van der Waals surface area contributed by atoms with Gasteiger partial charge in [-0.15, -0.1) is 0 Å². The fraction of sp³-hybridized carbons (Fsp3) is 0.238. The second-order valence-electron chi connectivity index (χ2n) is 6.19. The Morgan fingerprint density at radius 2 is 1.93 bits per heavy atom. The van der Waals surface area contributed by atoms with Gasteiger partial charge in [0.1, 0.15) is 0 Å². The molecular formula is C21H24FN5O. The van der Waals surface area contributed by atoms with Gasteiger partial charge in [-0.2, -0.15) is 5.10 Å². The Kier molecular flexibility index (Phi) is 6.62. The van der Waals surface area contributed by atoms with Crippen LogP contribution in [-0.2, 0) is 13.0 Å². The first-order valence-electron chi connectivity index (χ1n) is 9.05. The van der Waals surface area contributed by atoms with Crippen LogP contribution in [0.5, 0.6) is 5.75 Å². The highest BCUT2D eigenvalue weighted by Gasteiger charge is 2.04. The highest BCUT2D eigenvalue weighted by molar-refractivity contribution is 5.79. The minimum atomic E-state index is -0.372. The summed E-state index contributed by atoms with van der Waals surface area (Å²) in [6.45, 7) is 1.21. The zero-order valence-corrected chi connectivity index (χ0v) is 16.0. The Bertz CT molecular complexity index is 907. The molecule has 0 spiro atoms. The molecule has 2 aromatic carbocycles. The highest BCUT2D eigenvalue weighted by Crippen LogP contribution is 2.17. The van der Waals surface area contributed by atoms with Crippen LogP contribution < -0.4 is 15.4 Å². The lowest BCUT2D eigenvalue weighted by molar-refractivity contribution is 0.386. The van der Waals surface area contributed by atoms with Crippen molar-refractivity contribution in [2.75, 3.05) is 20.7 Å². The predicted molar refractivity (Wildman–Crippen MR) is 108 cm³/mol. The molecular weight excluding hydrogens is 357 g/mol. The summed E-state index contributed by atoms with van der Waals surface area (Å²) in [5, 5.41) is 10.7. The molecule has 0 aliphatic heterocycles. The molecule has 0 saturated heterocycles. The first kappa shape index (κ1) is 19.4. The fourth-order valence-corrected chi connectivity index (χ4v) is 2.79. The largest absolute Gasteiger partial charge is 0.494 e. The van der Waals surface area contributed by atoms with Crippen LogP contribution in [-0.4, -0.2) is 36.4 Å². The van der Waals surface area contributed by atoms with Crippen molar-refractivity contribution in [1.82, 2.24) is 20.4 Å². The lowest BCUT2D eigenvalue weighted by Gasteiger charge is -2.13. The molecule has 0 bridgehead atoms. The summed E-state index contributed by atoms with van der Waals surface area (Å²) in [7, 11) is 3.16. The molecule has 146 valence electrons. The van der Waals surface area contributed by atoms with Crippen LogP contribution in [0, 0.1) is 5.82 Å². The molecule has 0 aliphatic rings. The van der Waals surface area contributed by atoms with E-state index in [2.05, 4.69) is 32.9 Å². The van der Waals surface area contributed by atoms with E-state index in [0.717, 1.165) is 24.2 Å². The van der Waals surface area contributed by atoms with E-state index in [1.54, 1.807) is 19.3 Å². The lowest BCUT2D eigenvalue weighted by Crippen LogP contribution is -2.37. The van der Waals surface area contributed by atoms with Crippen molar-refractivity contribution < 1.29 is 9.13 Å². The lowest BCUT2D eigenvalue weighted by atomic mass is 10.1. The summed E-state index contributed by atoms with van der Waals surface area (Å²) in [6, 6.07) is 15.1. The maximum absolute atomic E-state index is 13.8. The number of halogens is 1. The molecule has 0 unspecified atom stereocenters. The summed E-state index contributed by atoms with van der Waals surface area (Å²) >= 11 is 0. The van der Waals surface area contributed by atoms with Gasteiger partial charge in [-0.25, -0.2) is 9.07 Å². The van der Waals surface area contributed by atoms with E-state index in [1.165, 1.54) is 18.7 Å². The second-order valence-corrected chi connectivity index (χ2v) is 6.19. The average Bonchev–Trinajstić information content (AvgIpc) is 3.26. The van der Waals surface area contributed by atoms with Crippen LogP contribution in [0.1, 0.15) is 11.1 Å². The summed E-state index contributed by atoms with van der Waals surface area (Å²) in [5.41, 5.74) is 3.07. The standard InChI is InChI=1S/C21H24FN5O/c1-23-21(25-15-17-6-9-20(28-2)19(22)14-17)24-12-10-16-4-7-18(8-5-16)27-13-3-11-26-27/h3-9,11,13-14H,10,12,15H2,1-2H3,(H2,23,24,25). The number of nitrogens with one attached hydrogen (secondary N) is 2. The molecule has 7 heteroatoms. The molecule has 1 aromatic heterocycles. The van der Waals surface area contributed by atoms with Gasteiger partial charge in [-0.1, -0.05) is 18.2 Å². The SMILES string of the molecule is CN=C(NCCc1ccc(-n2cccn2)cc1)NCc1ccc(OC)c(F)c1. The van der Waals surface area contributed by atoms with Crippen molar-refractivity contribution in [2.45, 2.75) is 13.0 Å². The molecule has 0 saturated carbocycles. The zero-order valence-electron chi connectivity index (χ0n) is 16.0. The number of hydrogen-bond donors (Lipinski definition) is 2. The topological polar surface area (TPSA) is 63.5 Å². The predicted octanol–water partition coefficient (Wildman–Crippen LogP) is 2.93. The molecule has 28 heavy (non-hydrogen) atoms. The van der Waals surface area contributed by atoms with Gasteiger partial charge in [0.15, 0.2) is 17.5 Å². The van der Waals surface area contributed by atoms with E-state index in [4.69, 9.17) is 4.74 Å². The smallest absolute Gasteiger partial charge is 0.191 e. The maximum Gasteiger partial charge on any atom is 0.191 e. The Balaban J connectivity index is 1.46. The van der Waals surface area contributed by atoms with Crippen molar-refractivity contribution >= 4 is 5.96 Å². The van der Waals surface area contributed by atoms with E-state index >= 15 is 0 Å². The second kappa shape index (κ2) is 9.55. The Labute approximate surface area is 164 Å². The molecule has 0 atom stereocenters. The molecule has 6 nitrogen and oxygen atoms in total. The number of nitrogens with zero attached hydrogens (tertiary/aromatic N) is 3. The van der Waals surface area contributed by atoms with Gasteiger partial charge in [0.05, 0.1) is 12.8 Å². The number of rotatable bonds is 7. The number of guanidine groups is 1. The van der Waals surface area contributed by atoms with Crippen LogP contribution in [0.4, 0.5) is 4.39 Å². The molecule has 0 radical (unpaired) electrons. The average molecular weight is 381 g/mol. The maximum atomic E-state index is 13.8. The Hall–Kier alpha value is -3.35. The molecule has 0 aliphatic carbocycles. The van der Waals surface area contributed by atoms with Gasteiger partial charge in [0.2, 0.25) is 0 Å². The van der Waals surface area contributed by atoms with E-state index in [1.807, 2.05) is 35.1 Å². The summed E-state index contributed by atoms with van der Waals surface area (Å²) in [5.74, 6) is 0.539. The Morgan fingerprint density at radius 1 is 1.14 bits per heavy atom. The zero-order chi connectivity index (χ0) is 19.8. The van der Waals surface area contributed by atoms with Crippen molar-refractivity contribution in [3.63, 3.8) is 0 Å². The fourth-order valence-electron chi connectivity index (χ4n) is 2.79. The van der Waals surface area contributed by atoms with Crippen molar-refractivity contribution in [3.8, 4) is 11.4 Å². The summed E-state index contributed by atoms with van der Waals surface area (Å²) in [6.07, 6.45) is 4.54. The number of aliphatic imine (C=N–C) groups is 1. The third-order valence-electron chi connectivity index (χ3n) is 4.31.